The van der Waals surface area contributed by atoms with Crippen molar-refractivity contribution in [2.75, 3.05) is 0 Å². The predicted molar refractivity (Wildman–Crippen MR) is 92.7 cm³/mol. The van der Waals surface area contributed by atoms with Crippen LogP contribution in [0.1, 0.15) is 15.2 Å². The van der Waals surface area contributed by atoms with E-state index < -0.39 is 11.5 Å². The zero-order valence-corrected chi connectivity index (χ0v) is 13.6. The molecule has 0 saturated heterocycles. The quantitative estimate of drug-likeness (QED) is 0.624. The number of benzene rings is 1. The molecule has 0 aliphatic heterocycles. The molecule has 8 heteroatoms. The van der Waals surface area contributed by atoms with E-state index in [2.05, 4.69) is 9.97 Å². The van der Waals surface area contributed by atoms with Crippen molar-refractivity contribution in [2.24, 2.45) is 0 Å². The van der Waals surface area contributed by atoms with E-state index in [0.29, 0.717) is 11.3 Å². The number of aromatic nitrogens is 2. The van der Waals surface area contributed by atoms with Gasteiger partial charge in [-0.1, -0.05) is 18.2 Å². The van der Waals surface area contributed by atoms with Gasteiger partial charge in [0.1, 0.15) is 16.5 Å². The number of carboxylic acid groups (broad SMARTS) is 1. The van der Waals surface area contributed by atoms with Crippen LogP contribution in [0.15, 0.2) is 41.2 Å². The van der Waals surface area contributed by atoms with Crippen molar-refractivity contribution in [3.05, 3.63) is 62.0 Å². The highest BCUT2D eigenvalue weighted by atomic mass is 32.1. The van der Waals surface area contributed by atoms with E-state index in [1.54, 1.807) is 24.3 Å². The van der Waals surface area contributed by atoms with Crippen LogP contribution in [-0.2, 0) is 0 Å². The number of nitrogens with zero attached hydrogens (tertiary/aromatic N) is 1. The molecule has 1 aromatic carbocycles. The van der Waals surface area contributed by atoms with Crippen molar-refractivity contribution in [3.63, 3.8) is 0 Å². The topological polar surface area (TPSA) is 110 Å². The van der Waals surface area contributed by atoms with Crippen molar-refractivity contribution >= 4 is 29.5 Å². The lowest BCUT2D eigenvalue weighted by atomic mass is 10.0. The van der Waals surface area contributed by atoms with E-state index in [1.807, 2.05) is 12.1 Å². The van der Waals surface area contributed by atoms with Crippen LogP contribution in [0.2, 0.25) is 0 Å². The molecule has 3 N–H and O–H groups in total. The average molecular weight is 355 g/mol. The molecular formula is C16H9N3O3S2. The summed E-state index contributed by atoms with van der Waals surface area (Å²) in [6.07, 6.45) is 0. The molecule has 0 saturated carbocycles. The molecule has 2 heterocycles. The standard InChI is InChI=1S/C16H9N3O3S2/c17-7-10-13(18-16(23)19-14(10)20)9-3-1-2-8(6-9)11-4-5-12(24-11)15(21)22/h1-6H,(H,21,22)(H2,18,19,20,23). The fourth-order valence-electron chi connectivity index (χ4n) is 2.25. The summed E-state index contributed by atoms with van der Waals surface area (Å²) in [4.78, 5) is 29.1. The summed E-state index contributed by atoms with van der Waals surface area (Å²) < 4.78 is 0.128. The summed E-state index contributed by atoms with van der Waals surface area (Å²) in [7, 11) is 0. The van der Waals surface area contributed by atoms with Crippen molar-refractivity contribution in [2.45, 2.75) is 0 Å². The summed E-state index contributed by atoms with van der Waals surface area (Å²) in [5.74, 6) is -0.979. The van der Waals surface area contributed by atoms with E-state index in [4.69, 9.17) is 17.3 Å². The summed E-state index contributed by atoms with van der Waals surface area (Å²) in [6, 6.07) is 12.2. The Kier molecular flexibility index (Phi) is 4.12. The van der Waals surface area contributed by atoms with Crippen molar-refractivity contribution in [3.8, 4) is 27.8 Å². The lowest BCUT2D eigenvalue weighted by molar-refractivity contribution is 0.0702. The fourth-order valence-corrected chi connectivity index (χ4v) is 3.28. The second-order valence-corrected chi connectivity index (χ2v) is 6.31. The molecule has 0 amide bonds. The minimum Gasteiger partial charge on any atom is -0.477 e. The number of hydrogen-bond acceptors (Lipinski definition) is 5. The number of aromatic carboxylic acids is 1. The lowest BCUT2D eigenvalue weighted by Crippen LogP contribution is -2.13. The summed E-state index contributed by atoms with van der Waals surface area (Å²) >= 11 is 6.12. The van der Waals surface area contributed by atoms with Crippen molar-refractivity contribution < 1.29 is 9.90 Å². The molecule has 3 rings (SSSR count). The SMILES string of the molecule is N#Cc1c(-c2cccc(-c3ccc(C(=O)O)s3)c2)[nH]c(=S)[nH]c1=O. The van der Waals surface area contributed by atoms with Crippen LogP contribution in [0, 0.1) is 16.1 Å². The Hall–Kier alpha value is -3.02. The highest BCUT2D eigenvalue weighted by molar-refractivity contribution is 7.71. The van der Waals surface area contributed by atoms with Gasteiger partial charge < -0.3 is 10.1 Å². The number of H-pyrrole nitrogens is 2. The first-order valence-corrected chi connectivity index (χ1v) is 7.92. The molecule has 24 heavy (non-hydrogen) atoms. The Morgan fingerprint density at radius 3 is 2.62 bits per heavy atom. The first-order chi connectivity index (χ1) is 11.5. The predicted octanol–water partition coefficient (Wildman–Crippen LogP) is 3.40. The van der Waals surface area contributed by atoms with E-state index in [-0.39, 0.29) is 15.2 Å². The largest absolute Gasteiger partial charge is 0.477 e. The maximum atomic E-state index is 11.9. The Morgan fingerprint density at radius 1 is 1.21 bits per heavy atom. The van der Waals surface area contributed by atoms with Crippen LogP contribution in [-0.4, -0.2) is 21.0 Å². The second-order valence-electron chi connectivity index (χ2n) is 4.82. The van der Waals surface area contributed by atoms with E-state index >= 15 is 0 Å². The lowest BCUT2D eigenvalue weighted by Gasteiger charge is -2.06. The van der Waals surface area contributed by atoms with Gasteiger partial charge in [-0.15, -0.1) is 11.3 Å². The molecule has 2 aromatic heterocycles. The molecule has 3 aromatic rings. The molecule has 0 aliphatic carbocycles. The van der Waals surface area contributed by atoms with Gasteiger partial charge in [0, 0.05) is 10.4 Å². The number of rotatable bonds is 3. The van der Waals surface area contributed by atoms with Gasteiger partial charge >= 0.3 is 5.97 Å². The van der Waals surface area contributed by atoms with Crippen LogP contribution in [0.3, 0.4) is 0 Å². The van der Waals surface area contributed by atoms with Crippen LogP contribution < -0.4 is 5.56 Å². The van der Waals surface area contributed by atoms with Gasteiger partial charge in [-0.25, -0.2) is 4.79 Å². The Morgan fingerprint density at radius 2 is 1.96 bits per heavy atom. The smallest absolute Gasteiger partial charge is 0.345 e. The Balaban J connectivity index is 2.15. The van der Waals surface area contributed by atoms with Crippen LogP contribution in [0.5, 0.6) is 0 Å². The zero-order valence-electron chi connectivity index (χ0n) is 12.0. The zero-order chi connectivity index (χ0) is 17.3. The normalized spacial score (nSPS) is 10.3. The minimum atomic E-state index is -0.979. The molecule has 0 unspecified atom stereocenters. The molecular weight excluding hydrogens is 346 g/mol. The van der Waals surface area contributed by atoms with Gasteiger partial charge in [0.25, 0.3) is 5.56 Å². The average Bonchev–Trinajstić information content (AvgIpc) is 3.04. The maximum absolute atomic E-state index is 11.9. The number of nitriles is 1. The van der Waals surface area contributed by atoms with Gasteiger partial charge in [-0.05, 0) is 36.0 Å². The van der Waals surface area contributed by atoms with Gasteiger partial charge in [-0.3, -0.25) is 9.78 Å². The third-order valence-electron chi connectivity index (χ3n) is 3.31. The number of thiophene rings is 1. The molecule has 0 spiro atoms. The first kappa shape index (κ1) is 15.9. The van der Waals surface area contributed by atoms with Crippen molar-refractivity contribution in [1.29, 1.82) is 5.26 Å². The molecule has 0 bridgehead atoms. The van der Waals surface area contributed by atoms with Crippen LogP contribution in [0.25, 0.3) is 21.7 Å². The second kappa shape index (κ2) is 6.23. The van der Waals surface area contributed by atoms with Crippen LogP contribution in [0.4, 0.5) is 0 Å². The molecule has 0 fully saturated rings. The molecule has 6 nitrogen and oxygen atoms in total. The van der Waals surface area contributed by atoms with Crippen molar-refractivity contribution in [1.82, 2.24) is 9.97 Å². The number of carboxylic acids is 1. The highest BCUT2D eigenvalue weighted by Crippen LogP contribution is 2.31. The minimum absolute atomic E-state index is 0.0573. The Bertz CT molecular complexity index is 1100. The van der Waals surface area contributed by atoms with Gasteiger partial charge in [0.2, 0.25) is 0 Å². The first-order valence-electron chi connectivity index (χ1n) is 6.70. The molecule has 0 aliphatic rings. The fraction of sp³-hybridized carbons (Fsp3) is 0. The highest BCUT2D eigenvalue weighted by Gasteiger charge is 2.13. The summed E-state index contributed by atoms with van der Waals surface area (Å²) in [6.45, 7) is 0. The third-order valence-corrected chi connectivity index (χ3v) is 4.63. The third kappa shape index (κ3) is 2.90. The number of hydrogen-bond donors (Lipinski definition) is 3. The number of aromatic amines is 2. The van der Waals surface area contributed by atoms with Crippen LogP contribution >= 0.6 is 23.6 Å². The summed E-state index contributed by atoms with van der Waals surface area (Å²) in [5.41, 5.74) is 1.13. The molecule has 0 atom stereocenters. The number of nitrogens with one attached hydrogen (secondary N) is 2. The van der Waals surface area contributed by atoms with E-state index in [0.717, 1.165) is 21.8 Å². The monoisotopic (exact) mass is 355 g/mol. The Labute approximate surface area is 144 Å². The van der Waals surface area contributed by atoms with Gasteiger partial charge in [-0.2, -0.15) is 5.26 Å². The molecule has 118 valence electrons. The van der Waals surface area contributed by atoms with E-state index in [1.165, 1.54) is 6.07 Å². The number of carbonyl (C=O) groups is 1. The van der Waals surface area contributed by atoms with Gasteiger partial charge in [0.15, 0.2) is 4.77 Å². The van der Waals surface area contributed by atoms with Gasteiger partial charge in [0.05, 0.1) is 5.69 Å². The van der Waals surface area contributed by atoms with E-state index in [9.17, 15) is 14.9 Å². The summed E-state index contributed by atoms with van der Waals surface area (Å²) in [5, 5.41) is 18.2. The maximum Gasteiger partial charge on any atom is 0.345 e. The molecule has 0 radical (unpaired) electrons.